The van der Waals surface area contributed by atoms with Gasteiger partial charge in [-0.25, -0.2) is 4.98 Å². The summed E-state index contributed by atoms with van der Waals surface area (Å²) in [5.41, 5.74) is 2.19. The van der Waals surface area contributed by atoms with E-state index in [1.54, 1.807) is 5.38 Å². The van der Waals surface area contributed by atoms with Crippen molar-refractivity contribution in [2.45, 2.75) is 20.3 Å². The maximum atomic E-state index is 11.6. The number of carbonyl (C=O) groups excluding carboxylic acids is 1. The van der Waals surface area contributed by atoms with E-state index in [0.29, 0.717) is 5.69 Å². The number of hydrogen-bond acceptors (Lipinski definition) is 4. The molecule has 0 bridgehead atoms. The van der Waals surface area contributed by atoms with Crippen molar-refractivity contribution in [3.05, 3.63) is 35.3 Å². The van der Waals surface area contributed by atoms with Gasteiger partial charge < -0.3 is 10.4 Å². The molecule has 0 aliphatic heterocycles. The average molecular weight is 304 g/mol. The maximum Gasteiger partial charge on any atom is 0.309 e. The Balaban J connectivity index is 2.10. The van der Waals surface area contributed by atoms with Crippen molar-refractivity contribution in [2.24, 2.45) is 5.92 Å². The minimum absolute atomic E-state index is 0.0271. The number of aliphatic carboxylic acids is 1. The van der Waals surface area contributed by atoms with Gasteiger partial charge in [0.1, 0.15) is 5.01 Å². The molecule has 6 heteroatoms. The van der Waals surface area contributed by atoms with Crippen LogP contribution in [-0.4, -0.2) is 22.0 Å². The molecule has 5 nitrogen and oxygen atoms in total. The highest BCUT2D eigenvalue weighted by molar-refractivity contribution is 7.13. The Hall–Kier alpha value is -2.21. The molecule has 110 valence electrons. The SMILES string of the molecule is CC(C)C(=O)Nc1ccc(-c2nc(CC(=O)O)cs2)cc1. The van der Waals surface area contributed by atoms with E-state index in [4.69, 9.17) is 5.11 Å². The molecular weight excluding hydrogens is 288 g/mol. The number of benzene rings is 1. The lowest BCUT2D eigenvalue weighted by Crippen LogP contribution is -2.17. The third-order valence-corrected chi connectivity index (χ3v) is 3.75. The Bertz CT molecular complexity index is 647. The summed E-state index contributed by atoms with van der Waals surface area (Å²) < 4.78 is 0. The Morgan fingerprint density at radius 1 is 1.29 bits per heavy atom. The van der Waals surface area contributed by atoms with E-state index in [0.717, 1.165) is 16.3 Å². The van der Waals surface area contributed by atoms with E-state index < -0.39 is 5.97 Å². The number of nitrogens with one attached hydrogen (secondary N) is 1. The number of rotatable bonds is 5. The highest BCUT2D eigenvalue weighted by atomic mass is 32.1. The zero-order chi connectivity index (χ0) is 15.4. The van der Waals surface area contributed by atoms with Crippen molar-refractivity contribution in [2.75, 3.05) is 5.32 Å². The molecule has 0 radical (unpaired) electrons. The van der Waals surface area contributed by atoms with Crippen molar-refractivity contribution < 1.29 is 14.7 Å². The molecule has 1 amide bonds. The fourth-order valence-electron chi connectivity index (χ4n) is 1.66. The Morgan fingerprint density at radius 3 is 2.52 bits per heavy atom. The topological polar surface area (TPSA) is 79.3 Å². The van der Waals surface area contributed by atoms with Crippen LogP contribution in [0.4, 0.5) is 5.69 Å². The molecule has 0 aliphatic rings. The van der Waals surface area contributed by atoms with E-state index >= 15 is 0 Å². The van der Waals surface area contributed by atoms with Gasteiger partial charge in [0.2, 0.25) is 5.91 Å². The minimum atomic E-state index is -0.890. The second-order valence-electron chi connectivity index (χ2n) is 4.94. The predicted molar refractivity (Wildman–Crippen MR) is 82.4 cm³/mol. The first-order valence-electron chi connectivity index (χ1n) is 6.53. The second kappa shape index (κ2) is 6.49. The summed E-state index contributed by atoms with van der Waals surface area (Å²) in [7, 11) is 0. The summed E-state index contributed by atoms with van der Waals surface area (Å²) in [4.78, 5) is 26.5. The van der Waals surface area contributed by atoms with Crippen LogP contribution >= 0.6 is 11.3 Å². The number of carboxylic acid groups (broad SMARTS) is 1. The molecule has 0 spiro atoms. The number of anilines is 1. The van der Waals surface area contributed by atoms with E-state index in [1.165, 1.54) is 11.3 Å². The Morgan fingerprint density at radius 2 is 1.95 bits per heavy atom. The van der Waals surface area contributed by atoms with Crippen LogP contribution in [0.2, 0.25) is 0 Å². The van der Waals surface area contributed by atoms with Gasteiger partial charge in [0.15, 0.2) is 0 Å². The summed E-state index contributed by atoms with van der Waals surface area (Å²) in [5.74, 6) is -0.985. The van der Waals surface area contributed by atoms with E-state index in [2.05, 4.69) is 10.3 Å². The first kappa shape index (κ1) is 15.2. The smallest absolute Gasteiger partial charge is 0.309 e. The number of hydrogen-bond donors (Lipinski definition) is 2. The van der Waals surface area contributed by atoms with E-state index in [9.17, 15) is 9.59 Å². The van der Waals surface area contributed by atoms with Gasteiger partial charge in [0, 0.05) is 22.5 Å². The van der Waals surface area contributed by atoms with Gasteiger partial charge in [-0.1, -0.05) is 13.8 Å². The van der Waals surface area contributed by atoms with Crippen LogP contribution in [-0.2, 0) is 16.0 Å². The molecule has 1 aromatic carbocycles. The molecule has 0 aliphatic carbocycles. The van der Waals surface area contributed by atoms with Crippen LogP contribution in [0.5, 0.6) is 0 Å². The molecule has 2 aromatic rings. The third kappa shape index (κ3) is 4.13. The normalized spacial score (nSPS) is 10.6. The first-order chi connectivity index (χ1) is 9.95. The second-order valence-corrected chi connectivity index (χ2v) is 5.79. The van der Waals surface area contributed by atoms with E-state index in [1.807, 2.05) is 38.1 Å². The van der Waals surface area contributed by atoms with Crippen molar-refractivity contribution in [1.29, 1.82) is 0 Å². The van der Waals surface area contributed by atoms with Gasteiger partial charge in [0.25, 0.3) is 0 Å². The van der Waals surface area contributed by atoms with Crippen LogP contribution in [0, 0.1) is 5.92 Å². The number of thiazole rings is 1. The van der Waals surface area contributed by atoms with Crippen molar-refractivity contribution in [3.8, 4) is 10.6 Å². The Labute approximate surface area is 126 Å². The zero-order valence-electron chi connectivity index (χ0n) is 11.8. The van der Waals surface area contributed by atoms with Crippen LogP contribution in [0.15, 0.2) is 29.6 Å². The minimum Gasteiger partial charge on any atom is -0.481 e. The highest BCUT2D eigenvalue weighted by Gasteiger charge is 2.09. The highest BCUT2D eigenvalue weighted by Crippen LogP contribution is 2.25. The molecule has 1 heterocycles. The van der Waals surface area contributed by atoms with Crippen LogP contribution in [0.3, 0.4) is 0 Å². The lowest BCUT2D eigenvalue weighted by Gasteiger charge is -2.07. The summed E-state index contributed by atoms with van der Waals surface area (Å²) in [6.07, 6.45) is -0.0704. The van der Waals surface area contributed by atoms with Gasteiger partial charge in [-0.05, 0) is 24.3 Å². The lowest BCUT2D eigenvalue weighted by molar-refractivity contribution is -0.136. The molecule has 0 saturated carbocycles. The monoisotopic (exact) mass is 304 g/mol. The Kier molecular flexibility index (Phi) is 4.70. The van der Waals surface area contributed by atoms with Gasteiger partial charge in [0.05, 0.1) is 12.1 Å². The van der Waals surface area contributed by atoms with Crippen molar-refractivity contribution in [3.63, 3.8) is 0 Å². The molecule has 0 saturated heterocycles. The molecule has 0 atom stereocenters. The van der Waals surface area contributed by atoms with Crippen LogP contribution < -0.4 is 5.32 Å². The molecule has 21 heavy (non-hydrogen) atoms. The number of amides is 1. The molecule has 1 aromatic heterocycles. The van der Waals surface area contributed by atoms with Crippen LogP contribution in [0.25, 0.3) is 10.6 Å². The fourth-order valence-corrected chi connectivity index (χ4v) is 2.48. The van der Waals surface area contributed by atoms with Gasteiger partial charge >= 0.3 is 5.97 Å². The quantitative estimate of drug-likeness (QED) is 0.890. The number of carboxylic acids is 1. The zero-order valence-corrected chi connectivity index (χ0v) is 12.6. The maximum absolute atomic E-state index is 11.6. The molecular formula is C15H16N2O3S. The van der Waals surface area contributed by atoms with Crippen molar-refractivity contribution >= 4 is 28.9 Å². The first-order valence-corrected chi connectivity index (χ1v) is 7.41. The molecule has 0 fully saturated rings. The van der Waals surface area contributed by atoms with Gasteiger partial charge in [-0.2, -0.15) is 0 Å². The fraction of sp³-hybridized carbons (Fsp3) is 0.267. The summed E-state index contributed by atoms with van der Waals surface area (Å²) in [6.45, 7) is 3.67. The number of carbonyl (C=O) groups is 2. The number of aromatic nitrogens is 1. The standard InChI is InChI=1S/C15H16N2O3S/c1-9(2)14(20)16-11-5-3-10(4-6-11)15-17-12(8-21-15)7-13(18)19/h3-6,8-9H,7H2,1-2H3,(H,16,20)(H,18,19). The molecule has 2 N–H and O–H groups in total. The number of nitrogens with zero attached hydrogens (tertiary/aromatic N) is 1. The predicted octanol–water partition coefficient (Wildman–Crippen LogP) is 3.03. The van der Waals surface area contributed by atoms with Crippen molar-refractivity contribution in [1.82, 2.24) is 4.98 Å². The molecule has 0 unspecified atom stereocenters. The summed E-state index contributed by atoms with van der Waals surface area (Å²) in [5, 5.41) is 14.1. The molecule has 2 rings (SSSR count). The van der Waals surface area contributed by atoms with Gasteiger partial charge in [-0.15, -0.1) is 11.3 Å². The summed E-state index contributed by atoms with van der Waals surface area (Å²) in [6, 6.07) is 7.35. The van der Waals surface area contributed by atoms with Gasteiger partial charge in [-0.3, -0.25) is 9.59 Å². The largest absolute Gasteiger partial charge is 0.481 e. The van der Waals surface area contributed by atoms with Crippen LogP contribution in [0.1, 0.15) is 19.5 Å². The lowest BCUT2D eigenvalue weighted by atomic mass is 10.2. The third-order valence-electron chi connectivity index (χ3n) is 2.81. The average Bonchev–Trinajstić information content (AvgIpc) is 2.87. The van der Waals surface area contributed by atoms with E-state index in [-0.39, 0.29) is 18.2 Å². The summed E-state index contributed by atoms with van der Waals surface area (Å²) >= 11 is 1.41.